The Kier molecular flexibility index (Phi) is 4.74. The third-order valence-electron chi connectivity index (χ3n) is 3.48. The second-order valence-electron chi connectivity index (χ2n) is 5.14. The number of halogens is 1. The van der Waals surface area contributed by atoms with Crippen LogP contribution in [0.4, 0.5) is 10.1 Å². The molecule has 0 spiro atoms. The fourth-order valence-electron chi connectivity index (χ4n) is 2.30. The maximum Gasteiger partial charge on any atom is 0.125 e. The van der Waals surface area contributed by atoms with Crippen molar-refractivity contribution < 1.29 is 4.39 Å². The first-order chi connectivity index (χ1) is 9.60. The SMILES string of the molecule is Cc1ccccc1CN(C)c1cc(F)cc(CCN)c1. The number of rotatable bonds is 5. The van der Waals surface area contributed by atoms with Gasteiger partial charge in [-0.1, -0.05) is 24.3 Å². The minimum Gasteiger partial charge on any atom is -0.370 e. The summed E-state index contributed by atoms with van der Waals surface area (Å²) in [5.41, 5.74) is 9.87. The molecule has 20 heavy (non-hydrogen) atoms. The van der Waals surface area contributed by atoms with Crippen LogP contribution in [0.25, 0.3) is 0 Å². The Bertz CT molecular complexity index is 581. The third-order valence-corrected chi connectivity index (χ3v) is 3.48. The van der Waals surface area contributed by atoms with Gasteiger partial charge in [0.25, 0.3) is 0 Å². The van der Waals surface area contributed by atoms with Crippen molar-refractivity contribution in [3.8, 4) is 0 Å². The van der Waals surface area contributed by atoms with Crippen LogP contribution in [0, 0.1) is 12.7 Å². The van der Waals surface area contributed by atoms with Gasteiger partial charge in [-0.05, 0) is 54.8 Å². The Balaban J connectivity index is 2.20. The monoisotopic (exact) mass is 272 g/mol. The molecule has 0 radical (unpaired) electrons. The van der Waals surface area contributed by atoms with Crippen molar-refractivity contribution in [2.24, 2.45) is 5.73 Å². The van der Waals surface area contributed by atoms with E-state index in [1.54, 1.807) is 12.1 Å². The molecule has 106 valence electrons. The third kappa shape index (κ3) is 3.58. The van der Waals surface area contributed by atoms with Gasteiger partial charge in [0.05, 0.1) is 0 Å². The van der Waals surface area contributed by atoms with E-state index in [4.69, 9.17) is 5.73 Å². The van der Waals surface area contributed by atoms with Crippen molar-refractivity contribution in [2.75, 3.05) is 18.5 Å². The summed E-state index contributed by atoms with van der Waals surface area (Å²) in [7, 11) is 1.98. The number of hydrogen-bond acceptors (Lipinski definition) is 2. The van der Waals surface area contributed by atoms with Crippen LogP contribution in [0.5, 0.6) is 0 Å². The van der Waals surface area contributed by atoms with Gasteiger partial charge in [-0.3, -0.25) is 0 Å². The van der Waals surface area contributed by atoms with E-state index in [1.807, 2.05) is 25.2 Å². The summed E-state index contributed by atoms with van der Waals surface area (Å²) in [6.07, 6.45) is 0.697. The fraction of sp³-hybridized carbons (Fsp3) is 0.294. The quantitative estimate of drug-likeness (QED) is 0.905. The van der Waals surface area contributed by atoms with Crippen molar-refractivity contribution in [3.63, 3.8) is 0 Å². The van der Waals surface area contributed by atoms with Crippen LogP contribution in [-0.4, -0.2) is 13.6 Å². The van der Waals surface area contributed by atoms with E-state index in [-0.39, 0.29) is 5.82 Å². The number of benzene rings is 2. The fourth-order valence-corrected chi connectivity index (χ4v) is 2.30. The summed E-state index contributed by atoms with van der Waals surface area (Å²) in [4.78, 5) is 2.06. The van der Waals surface area contributed by atoms with Crippen LogP contribution in [0.2, 0.25) is 0 Å². The van der Waals surface area contributed by atoms with Crippen molar-refractivity contribution in [1.82, 2.24) is 0 Å². The molecule has 2 rings (SSSR count). The molecule has 0 heterocycles. The summed E-state index contributed by atoms with van der Waals surface area (Å²) < 4.78 is 13.7. The van der Waals surface area contributed by atoms with E-state index in [0.29, 0.717) is 13.0 Å². The highest BCUT2D eigenvalue weighted by Gasteiger charge is 2.07. The van der Waals surface area contributed by atoms with Gasteiger partial charge in [-0.2, -0.15) is 0 Å². The van der Waals surface area contributed by atoms with Gasteiger partial charge < -0.3 is 10.6 Å². The molecule has 2 aromatic rings. The molecule has 0 aliphatic carbocycles. The zero-order valence-electron chi connectivity index (χ0n) is 12.1. The van der Waals surface area contributed by atoms with Crippen molar-refractivity contribution >= 4 is 5.69 Å². The second kappa shape index (κ2) is 6.53. The molecule has 0 saturated carbocycles. The normalized spacial score (nSPS) is 10.6. The number of nitrogens with two attached hydrogens (primary N) is 1. The molecule has 2 aromatic carbocycles. The van der Waals surface area contributed by atoms with Gasteiger partial charge in [-0.25, -0.2) is 4.39 Å². The summed E-state index contributed by atoms with van der Waals surface area (Å²) in [5, 5.41) is 0. The summed E-state index contributed by atoms with van der Waals surface area (Å²) in [6.45, 7) is 3.39. The van der Waals surface area contributed by atoms with E-state index in [2.05, 4.69) is 24.0 Å². The lowest BCUT2D eigenvalue weighted by molar-refractivity contribution is 0.624. The highest BCUT2D eigenvalue weighted by Crippen LogP contribution is 2.20. The van der Waals surface area contributed by atoms with Crippen molar-refractivity contribution in [3.05, 3.63) is 65.0 Å². The molecule has 0 aliphatic heterocycles. The van der Waals surface area contributed by atoms with Crippen LogP contribution >= 0.6 is 0 Å². The van der Waals surface area contributed by atoms with Gasteiger partial charge >= 0.3 is 0 Å². The molecular formula is C17H21FN2. The van der Waals surface area contributed by atoms with Crippen LogP contribution < -0.4 is 10.6 Å². The predicted octanol–water partition coefficient (Wildman–Crippen LogP) is 3.27. The van der Waals surface area contributed by atoms with Gasteiger partial charge in [-0.15, -0.1) is 0 Å². The van der Waals surface area contributed by atoms with Crippen LogP contribution in [0.1, 0.15) is 16.7 Å². The first kappa shape index (κ1) is 14.5. The molecule has 0 unspecified atom stereocenters. The average Bonchev–Trinajstić information content (AvgIpc) is 2.41. The Hall–Kier alpha value is -1.87. The summed E-state index contributed by atoms with van der Waals surface area (Å²) in [5.74, 6) is -0.206. The lowest BCUT2D eigenvalue weighted by Crippen LogP contribution is -2.17. The van der Waals surface area contributed by atoms with Gasteiger partial charge in [0.2, 0.25) is 0 Å². The topological polar surface area (TPSA) is 29.3 Å². The lowest BCUT2D eigenvalue weighted by Gasteiger charge is -2.21. The molecule has 0 aliphatic rings. The van der Waals surface area contributed by atoms with E-state index >= 15 is 0 Å². The first-order valence-corrected chi connectivity index (χ1v) is 6.85. The Labute approximate surface area is 120 Å². The maximum absolute atomic E-state index is 13.7. The Morgan fingerprint density at radius 1 is 1.15 bits per heavy atom. The van der Waals surface area contributed by atoms with Gasteiger partial charge in [0, 0.05) is 19.3 Å². The van der Waals surface area contributed by atoms with E-state index in [1.165, 1.54) is 11.1 Å². The second-order valence-corrected chi connectivity index (χ2v) is 5.14. The minimum absolute atomic E-state index is 0.206. The van der Waals surface area contributed by atoms with Crippen molar-refractivity contribution in [1.29, 1.82) is 0 Å². The van der Waals surface area contributed by atoms with Crippen LogP contribution in [0.3, 0.4) is 0 Å². The molecule has 0 saturated heterocycles. The molecule has 0 aromatic heterocycles. The molecule has 3 heteroatoms. The predicted molar refractivity (Wildman–Crippen MR) is 82.4 cm³/mol. The Morgan fingerprint density at radius 2 is 1.90 bits per heavy atom. The molecule has 2 nitrogen and oxygen atoms in total. The minimum atomic E-state index is -0.206. The van der Waals surface area contributed by atoms with E-state index in [0.717, 1.165) is 17.8 Å². The summed E-state index contributed by atoms with van der Waals surface area (Å²) >= 11 is 0. The summed E-state index contributed by atoms with van der Waals surface area (Å²) in [6, 6.07) is 13.4. The maximum atomic E-state index is 13.7. The molecule has 2 N–H and O–H groups in total. The molecular weight excluding hydrogens is 251 g/mol. The lowest BCUT2D eigenvalue weighted by atomic mass is 10.1. The smallest absolute Gasteiger partial charge is 0.125 e. The Morgan fingerprint density at radius 3 is 2.60 bits per heavy atom. The average molecular weight is 272 g/mol. The number of nitrogens with zero attached hydrogens (tertiary/aromatic N) is 1. The van der Waals surface area contributed by atoms with Gasteiger partial charge in [0.1, 0.15) is 5.82 Å². The number of hydrogen-bond donors (Lipinski definition) is 1. The van der Waals surface area contributed by atoms with Crippen LogP contribution in [0.15, 0.2) is 42.5 Å². The molecule has 0 bridgehead atoms. The molecule has 0 fully saturated rings. The van der Waals surface area contributed by atoms with Crippen molar-refractivity contribution in [2.45, 2.75) is 19.9 Å². The van der Waals surface area contributed by atoms with E-state index < -0.39 is 0 Å². The first-order valence-electron chi connectivity index (χ1n) is 6.85. The van der Waals surface area contributed by atoms with Crippen LogP contribution in [-0.2, 0) is 13.0 Å². The van der Waals surface area contributed by atoms with E-state index in [9.17, 15) is 4.39 Å². The van der Waals surface area contributed by atoms with Gasteiger partial charge in [0.15, 0.2) is 0 Å². The zero-order chi connectivity index (χ0) is 14.5. The highest BCUT2D eigenvalue weighted by atomic mass is 19.1. The number of anilines is 1. The molecule has 0 atom stereocenters. The standard InChI is InChI=1S/C17H21FN2/c1-13-5-3-4-6-15(13)12-20(2)17-10-14(7-8-19)9-16(18)11-17/h3-6,9-11H,7-8,12,19H2,1-2H3. The largest absolute Gasteiger partial charge is 0.370 e. The molecule has 0 amide bonds. The highest BCUT2D eigenvalue weighted by molar-refractivity contribution is 5.49. The number of aryl methyl sites for hydroxylation is 1. The zero-order valence-corrected chi connectivity index (χ0v) is 12.1.